The van der Waals surface area contributed by atoms with Crippen LogP contribution in [0.5, 0.6) is 0 Å². The smallest absolute Gasteiger partial charge is 0.0853 e. The maximum atomic E-state index is 10.5. The first-order valence-corrected chi connectivity index (χ1v) is 7.07. The molecule has 1 aromatic carbocycles. The van der Waals surface area contributed by atoms with Crippen molar-refractivity contribution in [2.75, 3.05) is 26.2 Å². The Balaban J connectivity index is 2.68. The van der Waals surface area contributed by atoms with Crippen LogP contribution in [0.25, 0.3) is 0 Å². The Bertz CT molecular complexity index is 351. The van der Waals surface area contributed by atoms with Crippen LogP contribution in [0.15, 0.2) is 30.3 Å². The minimum absolute atomic E-state index is 0.215. The molecule has 1 rings (SSSR count). The number of aliphatic hydroxyl groups is 2. The first-order valence-electron chi connectivity index (χ1n) is 7.07. The van der Waals surface area contributed by atoms with Crippen LogP contribution in [0, 0.1) is 5.41 Å². The fraction of sp³-hybridized carbons (Fsp3) is 0.625. The molecular weight excluding hydrogens is 238 g/mol. The van der Waals surface area contributed by atoms with Gasteiger partial charge in [-0.05, 0) is 18.5 Å². The summed E-state index contributed by atoms with van der Waals surface area (Å²) in [5.41, 5.74) is 0.748. The Morgan fingerprint density at radius 2 is 1.84 bits per heavy atom. The second kappa shape index (κ2) is 7.63. The third-order valence-corrected chi connectivity index (χ3v) is 3.57. The van der Waals surface area contributed by atoms with Gasteiger partial charge in [0.2, 0.25) is 0 Å². The quantitative estimate of drug-likeness (QED) is 0.759. The third kappa shape index (κ3) is 4.94. The molecule has 0 fully saturated rings. The molecule has 1 aromatic rings. The molecule has 1 unspecified atom stereocenters. The topological polar surface area (TPSA) is 43.7 Å². The summed E-state index contributed by atoms with van der Waals surface area (Å²) in [5.74, 6) is 0. The molecule has 0 saturated heterocycles. The second-order valence-corrected chi connectivity index (χ2v) is 5.75. The lowest BCUT2D eigenvalue weighted by molar-refractivity contribution is 0.0202. The minimum Gasteiger partial charge on any atom is -0.396 e. The molecule has 2 N–H and O–H groups in total. The highest BCUT2D eigenvalue weighted by molar-refractivity contribution is 5.19. The molecule has 1 atom stereocenters. The normalized spacial score (nSPS) is 13.8. The molecule has 3 heteroatoms. The van der Waals surface area contributed by atoms with Crippen LogP contribution in [-0.2, 0) is 0 Å². The molecular formula is C16H27NO2. The van der Waals surface area contributed by atoms with Crippen molar-refractivity contribution in [1.29, 1.82) is 0 Å². The van der Waals surface area contributed by atoms with Crippen LogP contribution in [-0.4, -0.2) is 41.4 Å². The van der Waals surface area contributed by atoms with E-state index in [1.165, 1.54) is 0 Å². The molecule has 0 aliphatic carbocycles. The monoisotopic (exact) mass is 265 g/mol. The predicted molar refractivity (Wildman–Crippen MR) is 79.0 cm³/mol. The molecule has 0 aromatic heterocycles. The third-order valence-electron chi connectivity index (χ3n) is 3.57. The summed E-state index contributed by atoms with van der Waals surface area (Å²) < 4.78 is 0. The highest BCUT2D eigenvalue weighted by Gasteiger charge is 2.30. The van der Waals surface area contributed by atoms with Crippen molar-refractivity contribution in [3.05, 3.63) is 35.9 Å². The van der Waals surface area contributed by atoms with Crippen LogP contribution in [0.2, 0.25) is 0 Å². The van der Waals surface area contributed by atoms with E-state index in [-0.39, 0.29) is 12.0 Å². The lowest BCUT2D eigenvalue weighted by atomic mass is 9.82. The van der Waals surface area contributed by atoms with E-state index in [2.05, 4.69) is 25.7 Å². The molecule has 0 heterocycles. The lowest BCUT2D eigenvalue weighted by Crippen LogP contribution is -2.38. The van der Waals surface area contributed by atoms with Crippen LogP contribution >= 0.6 is 0 Å². The summed E-state index contributed by atoms with van der Waals surface area (Å²) in [4.78, 5) is 2.28. The molecule has 0 amide bonds. The van der Waals surface area contributed by atoms with E-state index in [9.17, 15) is 5.11 Å². The Hall–Kier alpha value is -0.900. The van der Waals surface area contributed by atoms with E-state index in [0.29, 0.717) is 0 Å². The van der Waals surface area contributed by atoms with Gasteiger partial charge in [0.05, 0.1) is 6.10 Å². The molecule has 0 bridgehead atoms. The minimum atomic E-state index is -0.475. The van der Waals surface area contributed by atoms with E-state index >= 15 is 0 Å². The molecule has 3 nitrogen and oxygen atoms in total. The van der Waals surface area contributed by atoms with Gasteiger partial charge in [0.15, 0.2) is 0 Å². The zero-order valence-corrected chi connectivity index (χ0v) is 12.3. The Morgan fingerprint density at radius 3 is 2.37 bits per heavy atom. The van der Waals surface area contributed by atoms with Crippen molar-refractivity contribution in [1.82, 2.24) is 4.90 Å². The average molecular weight is 265 g/mol. The average Bonchev–Trinajstić information content (AvgIpc) is 2.43. The zero-order valence-electron chi connectivity index (χ0n) is 12.3. The highest BCUT2D eigenvalue weighted by atomic mass is 16.3. The van der Waals surface area contributed by atoms with E-state index in [1.807, 2.05) is 30.3 Å². The molecule has 108 valence electrons. The summed E-state index contributed by atoms with van der Waals surface area (Å²) in [5, 5.41) is 19.5. The van der Waals surface area contributed by atoms with Crippen LogP contribution in [0.3, 0.4) is 0 Å². The van der Waals surface area contributed by atoms with Crippen molar-refractivity contribution >= 4 is 0 Å². The van der Waals surface area contributed by atoms with Crippen molar-refractivity contribution in [2.45, 2.75) is 33.3 Å². The molecule has 0 saturated carbocycles. The van der Waals surface area contributed by atoms with Gasteiger partial charge in [0.1, 0.15) is 0 Å². The maximum Gasteiger partial charge on any atom is 0.0853 e. The fourth-order valence-electron chi connectivity index (χ4n) is 2.39. The Kier molecular flexibility index (Phi) is 6.49. The number of nitrogens with zero attached hydrogens (tertiary/aromatic N) is 1. The van der Waals surface area contributed by atoms with Crippen molar-refractivity contribution in [3.8, 4) is 0 Å². The zero-order chi connectivity index (χ0) is 14.3. The van der Waals surface area contributed by atoms with Gasteiger partial charge in [-0.25, -0.2) is 0 Å². The van der Waals surface area contributed by atoms with Gasteiger partial charge in [-0.2, -0.15) is 0 Å². The number of benzene rings is 1. The Labute approximate surface area is 116 Å². The van der Waals surface area contributed by atoms with Crippen LogP contribution in [0.4, 0.5) is 0 Å². The van der Waals surface area contributed by atoms with E-state index in [4.69, 9.17) is 5.11 Å². The van der Waals surface area contributed by atoms with E-state index < -0.39 is 6.10 Å². The lowest BCUT2D eigenvalue weighted by Gasteiger charge is -2.36. The number of hydrogen-bond acceptors (Lipinski definition) is 3. The first kappa shape index (κ1) is 16.2. The molecule has 0 radical (unpaired) electrons. The largest absolute Gasteiger partial charge is 0.396 e. The van der Waals surface area contributed by atoms with Crippen molar-refractivity contribution in [3.63, 3.8) is 0 Å². The molecule has 0 aliphatic rings. The van der Waals surface area contributed by atoms with Gasteiger partial charge in [-0.3, -0.25) is 0 Å². The summed E-state index contributed by atoms with van der Waals surface area (Å²) in [6.07, 6.45) is 0.308. The molecule has 19 heavy (non-hydrogen) atoms. The molecule has 0 aliphatic heterocycles. The second-order valence-electron chi connectivity index (χ2n) is 5.75. The summed E-state index contributed by atoms with van der Waals surface area (Å²) in [6, 6.07) is 9.81. The maximum absolute atomic E-state index is 10.5. The van der Waals surface area contributed by atoms with E-state index in [0.717, 1.165) is 31.6 Å². The van der Waals surface area contributed by atoms with Crippen LogP contribution in [0.1, 0.15) is 38.9 Å². The summed E-state index contributed by atoms with van der Waals surface area (Å²) >= 11 is 0. The SMILES string of the molecule is CCN(CCCO)CC(C)(C)C(O)c1ccccc1. The molecule has 0 spiro atoms. The summed E-state index contributed by atoms with van der Waals surface area (Å²) in [7, 11) is 0. The fourth-order valence-corrected chi connectivity index (χ4v) is 2.39. The van der Waals surface area contributed by atoms with E-state index in [1.54, 1.807) is 0 Å². The van der Waals surface area contributed by atoms with Gasteiger partial charge in [0.25, 0.3) is 0 Å². The predicted octanol–water partition coefficient (Wildman–Crippen LogP) is 2.45. The van der Waals surface area contributed by atoms with Gasteiger partial charge >= 0.3 is 0 Å². The summed E-state index contributed by atoms with van der Waals surface area (Å²) in [6.45, 7) is 9.14. The van der Waals surface area contributed by atoms with Gasteiger partial charge in [-0.15, -0.1) is 0 Å². The number of hydrogen-bond donors (Lipinski definition) is 2. The standard InChI is InChI=1S/C16H27NO2/c1-4-17(11-8-12-18)13-16(2,3)15(19)14-9-6-5-7-10-14/h5-7,9-10,15,18-19H,4,8,11-13H2,1-3H3. The Morgan fingerprint density at radius 1 is 1.21 bits per heavy atom. The van der Waals surface area contributed by atoms with Crippen molar-refractivity contribution in [2.24, 2.45) is 5.41 Å². The number of rotatable bonds is 8. The van der Waals surface area contributed by atoms with Gasteiger partial charge in [0, 0.05) is 25.1 Å². The van der Waals surface area contributed by atoms with Gasteiger partial charge in [-0.1, -0.05) is 51.1 Å². The number of aliphatic hydroxyl groups excluding tert-OH is 2. The first-order chi connectivity index (χ1) is 9.01. The van der Waals surface area contributed by atoms with Crippen molar-refractivity contribution < 1.29 is 10.2 Å². The van der Waals surface area contributed by atoms with Crippen LogP contribution < -0.4 is 0 Å². The van der Waals surface area contributed by atoms with Gasteiger partial charge < -0.3 is 15.1 Å². The highest BCUT2D eigenvalue weighted by Crippen LogP contribution is 2.33.